The standard InChI is InChI=1S/C15H21BrF3N5O2/c1-8(2)9(24-3-5-26-6-4-24)7-21-14(25)10-13(20)23-11(12(16)22-10)15(17,18)19/h8-9H,3-7H2,1-2H3,(H2,20,23)(H,21,25). The maximum atomic E-state index is 12.8. The van der Waals surface area contributed by atoms with Crippen LogP contribution in [0, 0.1) is 5.92 Å². The third kappa shape index (κ3) is 5.04. The Morgan fingerprint density at radius 1 is 1.35 bits per heavy atom. The predicted molar refractivity (Wildman–Crippen MR) is 92.5 cm³/mol. The van der Waals surface area contributed by atoms with Crippen LogP contribution in [0.1, 0.15) is 30.0 Å². The Bertz CT molecular complexity index is 651. The number of nitrogens with one attached hydrogen (secondary N) is 1. The van der Waals surface area contributed by atoms with Crippen LogP contribution in [-0.4, -0.2) is 59.7 Å². The van der Waals surface area contributed by atoms with Gasteiger partial charge in [-0.2, -0.15) is 13.2 Å². The van der Waals surface area contributed by atoms with Crippen LogP contribution in [-0.2, 0) is 10.9 Å². The van der Waals surface area contributed by atoms with Gasteiger partial charge in [0.25, 0.3) is 5.91 Å². The first-order valence-electron chi connectivity index (χ1n) is 8.11. The zero-order valence-electron chi connectivity index (χ0n) is 14.4. The smallest absolute Gasteiger partial charge is 0.382 e. The lowest BCUT2D eigenvalue weighted by Gasteiger charge is -2.36. The van der Waals surface area contributed by atoms with Crippen LogP contribution in [0.15, 0.2) is 4.60 Å². The lowest BCUT2D eigenvalue weighted by molar-refractivity contribution is -0.142. The van der Waals surface area contributed by atoms with Crippen LogP contribution in [0.3, 0.4) is 0 Å². The van der Waals surface area contributed by atoms with Crippen molar-refractivity contribution in [1.82, 2.24) is 20.2 Å². The number of hydrogen-bond donors (Lipinski definition) is 2. The molecule has 1 aliphatic heterocycles. The van der Waals surface area contributed by atoms with E-state index < -0.39 is 28.2 Å². The first kappa shape index (κ1) is 20.8. The lowest BCUT2D eigenvalue weighted by Crippen LogP contribution is -2.51. The molecule has 0 saturated carbocycles. The second kappa shape index (κ2) is 8.49. The molecule has 1 amide bonds. The highest BCUT2D eigenvalue weighted by Crippen LogP contribution is 2.33. The Labute approximate surface area is 157 Å². The summed E-state index contributed by atoms with van der Waals surface area (Å²) in [6.07, 6.45) is -4.71. The molecular weight excluding hydrogens is 419 g/mol. The summed E-state index contributed by atoms with van der Waals surface area (Å²) < 4.78 is 43.2. The van der Waals surface area contributed by atoms with Crippen molar-refractivity contribution in [2.45, 2.75) is 26.1 Å². The van der Waals surface area contributed by atoms with Crippen molar-refractivity contribution in [3.63, 3.8) is 0 Å². The van der Waals surface area contributed by atoms with Gasteiger partial charge >= 0.3 is 6.18 Å². The van der Waals surface area contributed by atoms with Crippen LogP contribution in [0.25, 0.3) is 0 Å². The van der Waals surface area contributed by atoms with Crippen LogP contribution >= 0.6 is 15.9 Å². The molecule has 0 aromatic carbocycles. The molecule has 1 aliphatic rings. The topological polar surface area (TPSA) is 93.4 Å². The van der Waals surface area contributed by atoms with Crippen molar-refractivity contribution < 1.29 is 22.7 Å². The van der Waals surface area contributed by atoms with Gasteiger partial charge in [0.1, 0.15) is 4.60 Å². The van der Waals surface area contributed by atoms with Crippen molar-refractivity contribution in [3.05, 3.63) is 16.0 Å². The van der Waals surface area contributed by atoms with Crippen molar-refractivity contribution >= 4 is 27.7 Å². The van der Waals surface area contributed by atoms with Crippen LogP contribution < -0.4 is 11.1 Å². The van der Waals surface area contributed by atoms with Gasteiger partial charge in [-0.25, -0.2) is 9.97 Å². The van der Waals surface area contributed by atoms with Gasteiger partial charge < -0.3 is 15.8 Å². The second-order valence-corrected chi connectivity index (χ2v) is 7.02. The minimum Gasteiger partial charge on any atom is -0.382 e. The number of alkyl halides is 3. The fourth-order valence-electron chi connectivity index (χ4n) is 2.75. The van der Waals surface area contributed by atoms with Crippen molar-refractivity contribution in [1.29, 1.82) is 0 Å². The molecule has 146 valence electrons. The third-order valence-corrected chi connectivity index (χ3v) is 4.67. The van der Waals surface area contributed by atoms with E-state index >= 15 is 0 Å². The molecule has 2 heterocycles. The number of aromatic nitrogens is 2. The molecule has 26 heavy (non-hydrogen) atoms. The highest BCUT2D eigenvalue weighted by Gasteiger charge is 2.37. The molecule has 1 saturated heterocycles. The van der Waals surface area contributed by atoms with Crippen molar-refractivity contribution in [2.75, 3.05) is 38.6 Å². The number of nitrogens with two attached hydrogens (primary N) is 1. The highest BCUT2D eigenvalue weighted by atomic mass is 79.9. The SMILES string of the molecule is CC(C)C(CNC(=O)c1nc(Br)c(C(F)(F)F)nc1N)N1CCOCC1. The number of amides is 1. The molecule has 1 fully saturated rings. The largest absolute Gasteiger partial charge is 0.436 e. The van der Waals surface area contributed by atoms with Gasteiger partial charge in [-0.15, -0.1) is 0 Å². The Morgan fingerprint density at radius 3 is 2.50 bits per heavy atom. The van der Waals surface area contributed by atoms with E-state index in [2.05, 4.69) is 36.1 Å². The van der Waals surface area contributed by atoms with Gasteiger partial charge in [-0.1, -0.05) is 13.8 Å². The van der Waals surface area contributed by atoms with Gasteiger partial charge in [-0.05, 0) is 21.8 Å². The molecule has 1 aromatic rings. The predicted octanol–water partition coefficient (Wildman–Crippen LogP) is 1.93. The molecule has 2 rings (SSSR count). The molecule has 1 atom stereocenters. The number of morpholine rings is 1. The number of anilines is 1. The van der Waals surface area contributed by atoms with Gasteiger partial charge in [0.2, 0.25) is 0 Å². The normalized spacial score (nSPS) is 17.3. The lowest BCUT2D eigenvalue weighted by atomic mass is 10.0. The number of nitrogen functional groups attached to an aromatic ring is 1. The minimum absolute atomic E-state index is 0.0647. The first-order chi connectivity index (χ1) is 12.1. The molecule has 11 heteroatoms. The fraction of sp³-hybridized carbons (Fsp3) is 0.667. The van der Waals surface area contributed by atoms with E-state index in [1.807, 2.05) is 13.8 Å². The molecule has 0 radical (unpaired) electrons. The van der Waals surface area contributed by atoms with E-state index in [9.17, 15) is 18.0 Å². The van der Waals surface area contributed by atoms with E-state index in [-0.39, 0.29) is 17.7 Å². The number of hydrogen-bond acceptors (Lipinski definition) is 6. The Kier molecular flexibility index (Phi) is 6.80. The summed E-state index contributed by atoms with van der Waals surface area (Å²) in [5.41, 5.74) is 3.91. The summed E-state index contributed by atoms with van der Waals surface area (Å²) in [4.78, 5) is 21.5. The summed E-state index contributed by atoms with van der Waals surface area (Å²) in [5, 5.41) is 2.70. The minimum atomic E-state index is -4.71. The van der Waals surface area contributed by atoms with Crippen molar-refractivity contribution in [3.8, 4) is 0 Å². The summed E-state index contributed by atoms with van der Waals surface area (Å²) >= 11 is 2.70. The summed E-state index contributed by atoms with van der Waals surface area (Å²) in [7, 11) is 0. The molecule has 0 aliphatic carbocycles. The van der Waals surface area contributed by atoms with Gasteiger partial charge in [0, 0.05) is 25.7 Å². The first-order valence-corrected chi connectivity index (χ1v) is 8.90. The van der Waals surface area contributed by atoms with Gasteiger partial charge in [0.05, 0.1) is 13.2 Å². The Morgan fingerprint density at radius 2 is 1.96 bits per heavy atom. The monoisotopic (exact) mass is 439 g/mol. The maximum Gasteiger partial charge on any atom is 0.436 e. The number of carbonyl (C=O) groups excluding carboxylic acids is 1. The summed E-state index contributed by atoms with van der Waals surface area (Å²) in [6, 6.07) is 0.0647. The van der Waals surface area contributed by atoms with E-state index in [0.717, 1.165) is 13.1 Å². The summed E-state index contributed by atoms with van der Waals surface area (Å²) in [5.74, 6) is -0.968. The van der Waals surface area contributed by atoms with E-state index in [1.165, 1.54) is 0 Å². The van der Waals surface area contributed by atoms with Crippen molar-refractivity contribution in [2.24, 2.45) is 5.92 Å². The number of halogens is 4. The zero-order chi connectivity index (χ0) is 19.5. The van der Waals surface area contributed by atoms with Gasteiger partial charge in [0.15, 0.2) is 17.2 Å². The molecule has 1 unspecified atom stereocenters. The number of rotatable bonds is 5. The maximum absolute atomic E-state index is 12.8. The van der Waals surface area contributed by atoms with E-state index in [1.54, 1.807) is 0 Å². The van der Waals surface area contributed by atoms with Crippen LogP contribution in [0.4, 0.5) is 19.0 Å². The van der Waals surface area contributed by atoms with Crippen LogP contribution in [0.2, 0.25) is 0 Å². The van der Waals surface area contributed by atoms with Gasteiger partial charge in [-0.3, -0.25) is 9.69 Å². The Balaban J connectivity index is 2.10. The second-order valence-electron chi connectivity index (χ2n) is 6.26. The molecule has 0 spiro atoms. The third-order valence-electron chi connectivity index (χ3n) is 4.12. The fourth-order valence-corrected chi connectivity index (χ4v) is 3.24. The quantitative estimate of drug-likeness (QED) is 0.727. The average Bonchev–Trinajstić information content (AvgIpc) is 2.56. The van der Waals surface area contributed by atoms with E-state index in [4.69, 9.17) is 10.5 Å². The highest BCUT2D eigenvalue weighted by molar-refractivity contribution is 9.10. The number of nitrogens with zero attached hydrogens (tertiary/aromatic N) is 3. The number of carbonyl (C=O) groups is 1. The zero-order valence-corrected chi connectivity index (χ0v) is 16.0. The molecular formula is C15H21BrF3N5O2. The Hall–Kier alpha value is -1.46. The average molecular weight is 440 g/mol. The van der Waals surface area contributed by atoms with Crippen LogP contribution in [0.5, 0.6) is 0 Å². The summed E-state index contributed by atoms with van der Waals surface area (Å²) in [6.45, 7) is 7.16. The van der Waals surface area contributed by atoms with E-state index in [0.29, 0.717) is 19.8 Å². The molecule has 1 aromatic heterocycles. The molecule has 3 N–H and O–H groups in total. The molecule has 0 bridgehead atoms. The number of ether oxygens (including phenoxy) is 1. The molecule has 7 nitrogen and oxygen atoms in total.